The molecule has 1 saturated carbocycles. The minimum absolute atomic E-state index is 0.0252. The van der Waals surface area contributed by atoms with Crippen LogP contribution in [-0.4, -0.2) is 31.3 Å². The number of nitro benzene ring substituents is 1. The lowest BCUT2D eigenvalue weighted by atomic mass is 10.2. The molecule has 1 aliphatic rings. The van der Waals surface area contributed by atoms with Gasteiger partial charge in [0.1, 0.15) is 0 Å². The quantitative estimate of drug-likeness (QED) is 0.655. The van der Waals surface area contributed by atoms with Crippen LogP contribution in [0.1, 0.15) is 19.3 Å². The van der Waals surface area contributed by atoms with Crippen LogP contribution < -0.4 is 10.1 Å². The molecule has 0 aromatic heterocycles. The summed E-state index contributed by atoms with van der Waals surface area (Å²) in [7, 11) is 3.14. The molecule has 0 amide bonds. The van der Waals surface area contributed by atoms with Crippen molar-refractivity contribution in [2.24, 2.45) is 0 Å². The number of hydrogen-bond acceptors (Lipinski definition) is 5. The van der Waals surface area contributed by atoms with E-state index in [4.69, 9.17) is 9.47 Å². The van der Waals surface area contributed by atoms with Gasteiger partial charge in [-0.15, -0.1) is 0 Å². The van der Waals surface area contributed by atoms with Gasteiger partial charge >= 0.3 is 5.69 Å². The molecule has 0 bridgehead atoms. The molecular weight excluding hydrogens is 248 g/mol. The topological polar surface area (TPSA) is 73.6 Å². The van der Waals surface area contributed by atoms with Crippen LogP contribution in [0.2, 0.25) is 0 Å². The van der Waals surface area contributed by atoms with Gasteiger partial charge < -0.3 is 14.8 Å². The molecule has 0 heterocycles. The van der Waals surface area contributed by atoms with Gasteiger partial charge in [-0.3, -0.25) is 10.1 Å². The second kappa shape index (κ2) is 5.88. The van der Waals surface area contributed by atoms with E-state index in [1.165, 1.54) is 13.2 Å². The van der Waals surface area contributed by atoms with Gasteiger partial charge in [0.15, 0.2) is 5.75 Å². The van der Waals surface area contributed by atoms with Gasteiger partial charge in [0.25, 0.3) is 0 Å². The third kappa shape index (κ3) is 2.96. The molecule has 0 saturated heterocycles. The fourth-order valence-electron chi connectivity index (χ4n) is 2.51. The predicted molar refractivity (Wildman–Crippen MR) is 71.7 cm³/mol. The summed E-state index contributed by atoms with van der Waals surface area (Å²) in [6.45, 7) is 0. The summed E-state index contributed by atoms with van der Waals surface area (Å²) in [4.78, 5) is 10.4. The standard InChI is InChI=1S/C13H18N2O4/c1-18-12-5-3-4-10(12)14-9-6-7-11(15(16)17)13(8-9)19-2/h6-8,10,12,14H,3-5H2,1-2H3. The number of rotatable bonds is 5. The highest BCUT2D eigenvalue weighted by atomic mass is 16.6. The van der Waals surface area contributed by atoms with Crippen molar-refractivity contribution in [1.82, 2.24) is 0 Å². The summed E-state index contributed by atoms with van der Waals surface area (Å²) < 4.78 is 10.5. The van der Waals surface area contributed by atoms with Gasteiger partial charge in [0.2, 0.25) is 0 Å². The Hall–Kier alpha value is -1.82. The van der Waals surface area contributed by atoms with Crippen LogP contribution in [0.3, 0.4) is 0 Å². The second-order valence-electron chi connectivity index (χ2n) is 4.60. The first-order chi connectivity index (χ1) is 9.15. The van der Waals surface area contributed by atoms with Crippen molar-refractivity contribution < 1.29 is 14.4 Å². The third-order valence-electron chi connectivity index (χ3n) is 3.48. The van der Waals surface area contributed by atoms with Crippen LogP contribution in [-0.2, 0) is 4.74 Å². The number of anilines is 1. The molecule has 2 atom stereocenters. The number of hydrogen-bond donors (Lipinski definition) is 1. The zero-order valence-electron chi connectivity index (χ0n) is 11.1. The third-order valence-corrected chi connectivity index (χ3v) is 3.48. The van der Waals surface area contributed by atoms with Crippen molar-refractivity contribution in [3.8, 4) is 5.75 Å². The Bertz CT molecular complexity index is 464. The van der Waals surface area contributed by atoms with Crippen molar-refractivity contribution in [1.29, 1.82) is 0 Å². The number of methoxy groups -OCH3 is 2. The molecule has 2 unspecified atom stereocenters. The van der Waals surface area contributed by atoms with Crippen LogP contribution in [0.5, 0.6) is 5.75 Å². The second-order valence-corrected chi connectivity index (χ2v) is 4.60. The highest BCUT2D eigenvalue weighted by Crippen LogP contribution is 2.32. The van der Waals surface area contributed by atoms with Crippen LogP contribution in [0, 0.1) is 10.1 Å². The van der Waals surface area contributed by atoms with Crippen molar-refractivity contribution in [2.75, 3.05) is 19.5 Å². The van der Waals surface area contributed by atoms with Crippen molar-refractivity contribution >= 4 is 11.4 Å². The summed E-state index contributed by atoms with van der Waals surface area (Å²) in [6, 6.07) is 5.06. The molecule has 1 aliphatic carbocycles. The van der Waals surface area contributed by atoms with E-state index in [0.29, 0.717) is 0 Å². The first-order valence-corrected chi connectivity index (χ1v) is 6.27. The normalized spacial score (nSPS) is 22.2. The Morgan fingerprint density at radius 1 is 1.37 bits per heavy atom. The molecule has 104 valence electrons. The number of benzene rings is 1. The minimum atomic E-state index is -0.448. The van der Waals surface area contributed by atoms with Gasteiger partial charge in [-0.2, -0.15) is 0 Å². The zero-order valence-corrected chi connectivity index (χ0v) is 11.1. The molecule has 0 spiro atoms. The van der Waals surface area contributed by atoms with Gasteiger partial charge in [0, 0.05) is 24.9 Å². The van der Waals surface area contributed by atoms with E-state index < -0.39 is 4.92 Å². The van der Waals surface area contributed by atoms with E-state index in [0.717, 1.165) is 24.9 Å². The maximum absolute atomic E-state index is 10.8. The average Bonchev–Trinajstić information content (AvgIpc) is 2.85. The molecule has 2 rings (SSSR count). The lowest BCUT2D eigenvalue weighted by molar-refractivity contribution is -0.385. The predicted octanol–water partition coefficient (Wildman–Crippen LogP) is 2.58. The summed E-state index contributed by atoms with van der Waals surface area (Å²) in [5.74, 6) is 0.266. The van der Waals surface area contributed by atoms with E-state index in [9.17, 15) is 10.1 Å². The van der Waals surface area contributed by atoms with Crippen molar-refractivity contribution in [3.05, 3.63) is 28.3 Å². The Kier molecular flexibility index (Phi) is 4.21. The maximum atomic E-state index is 10.8. The largest absolute Gasteiger partial charge is 0.490 e. The summed E-state index contributed by atoms with van der Waals surface area (Å²) in [6.07, 6.45) is 3.40. The highest BCUT2D eigenvalue weighted by molar-refractivity contribution is 5.58. The molecule has 1 aromatic carbocycles. The van der Waals surface area contributed by atoms with Gasteiger partial charge in [-0.05, 0) is 25.3 Å². The van der Waals surface area contributed by atoms with Crippen molar-refractivity contribution in [2.45, 2.75) is 31.4 Å². The Morgan fingerprint density at radius 2 is 2.16 bits per heavy atom. The molecule has 6 heteroatoms. The minimum Gasteiger partial charge on any atom is -0.490 e. The Morgan fingerprint density at radius 3 is 2.79 bits per heavy atom. The van der Waals surface area contributed by atoms with E-state index >= 15 is 0 Å². The Balaban J connectivity index is 2.15. The first-order valence-electron chi connectivity index (χ1n) is 6.27. The summed E-state index contributed by atoms with van der Waals surface area (Å²) >= 11 is 0. The molecule has 1 aromatic rings. The average molecular weight is 266 g/mol. The van der Waals surface area contributed by atoms with Gasteiger partial charge in [-0.1, -0.05) is 0 Å². The fraction of sp³-hybridized carbons (Fsp3) is 0.538. The van der Waals surface area contributed by atoms with Crippen LogP contribution >= 0.6 is 0 Å². The van der Waals surface area contributed by atoms with Gasteiger partial charge in [-0.25, -0.2) is 0 Å². The van der Waals surface area contributed by atoms with Gasteiger partial charge in [0.05, 0.1) is 24.2 Å². The highest BCUT2D eigenvalue weighted by Gasteiger charge is 2.27. The molecule has 19 heavy (non-hydrogen) atoms. The van der Waals surface area contributed by atoms with E-state index in [-0.39, 0.29) is 23.6 Å². The SMILES string of the molecule is COc1cc(NC2CCCC2OC)ccc1[N+](=O)[O-]. The Labute approximate surface area is 111 Å². The molecule has 1 fully saturated rings. The number of nitro groups is 1. The molecule has 0 aliphatic heterocycles. The summed E-state index contributed by atoms with van der Waals surface area (Å²) in [5.41, 5.74) is 0.791. The van der Waals surface area contributed by atoms with E-state index in [2.05, 4.69) is 5.32 Å². The fourth-order valence-corrected chi connectivity index (χ4v) is 2.51. The molecule has 6 nitrogen and oxygen atoms in total. The maximum Gasteiger partial charge on any atom is 0.311 e. The zero-order chi connectivity index (χ0) is 13.8. The number of nitrogens with zero attached hydrogens (tertiary/aromatic N) is 1. The molecular formula is C13H18N2O4. The van der Waals surface area contributed by atoms with Crippen molar-refractivity contribution in [3.63, 3.8) is 0 Å². The van der Waals surface area contributed by atoms with E-state index in [1.807, 2.05) is 0 Å². The smallest absolute Gasteiger partial charge is 0.311 e. The van der Waals surface area contributed by atoms with Crippen LogP contribution in [0.25, 0.3) is 0 Å². The van der Waals surface area contributed by atoms with Crippen LogP contribution in [0.4, 0.5) is 11.4 Å². The molecule has 0 radical (unpaired) electrons. The summed E-state index contributed by atoms with van der Waals surface area (Å²) in [5, 5.41) is 14.2. The lowest BCUT2D eigenvalue weighted by Gasteiger charge is -2.21. The first kappa shape index (κ1) is 13.6. The molecule has 1 N–H and O–H groups in total. The van der Waals surface area contributed by atoms with E-state index in [1.54, 1.807) is 19.2 Å². The number of ether oxygens (including phenoxy) is 2. The monoisotopic (exact) mass is 266 g/mol. The number of nitrogens with one attached hydrogen (secondary N) is 1. The van der Waals surface area contributed by atoms with Crippen LogP contribution in [0.15, 0.2) is 18.2 Å². The lowest BCUT2D eigenvalue weighted by Crippen LogP contribution is -2.29.